The van der Waals surface area contributed by atoms with Gasteiger partial charge in [-0.25, -0.2) is 9.97 Å². The van der Waals surface area contributed by atoms with Crippen LogP contribution >= 0.6 is 15.9 Å². The van der Waals surface area contributed by atoms with Crippen LogP contribution in [-0.4, -0.2) is 78.9 Å². The number of rotatable bonds is 4. The maximum Gasteiger partial charge on any atom is 0.495 e. The zero-order valence-electron chi connectivity index (χ0n) is 30.6. The Labute approximate surface area is 285 Å². The zero-order valence-corrected chi connectivity index (χ0v) is 32.2. The summed E-state index contributed by atoms with van der Waals surface area (Å²) in [6.45, 7) is 28.2. The molecule has 0 unspecified atom stereocenters. The fourth-order valence-corrected chi connectivity index (χ4v) is 5.11. The van der Waals surface area contributed by atoms with E-state index in [1.807, 2.05) is 121 Å². The Morgan fingerprint density at radius 2 is 0.848 bits per heavy atom. The first-order valence-electron chi connectivity index (χ1n) is 15.6. The molecule has 2 aromatic heterocycles. The number of aromatic nitrogens is 2. The lowest BCUT2D eigenvalue weighted by atomic mass is 9.49. The van der Waals surface area contributed by atoms with E-state index in [1.54, 1.807) is 14.2 Å². The molecule has 5 rings (SSSR count). The van der Waals surface area contributed by atoms with Gasteiger partial charge < -0.3 is 37.4 Å². The van der Waals surface area contributed by atoms with Crippen molar-refractivity contribution in [3.63, 3.8) is 0 Å². The molecule has 0 aromatic carbocycles. The molecule has 3 saturated heterocycles. The maximum atomic E-state index is 6.00. The molecule has 0 amide bonds. The molecule has 10 nitrogen and oxygen atoms in total. The van der Waals surface area contributed by atoms with Crippen LogP contribution in [-0.2, 0) is 27.9 Å². The average Bonchev–Trinajstić information content (AvgIpc) is 3.37. The van der Waals surface area contributed by atoms with Crippen LogP contribution in [0.2, 0.25) is 0 Å². The third-order valence-corrected chi connectivity index (χ3v) is 10.0. The molecule has 0 radical (unpaired) electrons. The third-order valence-electron chi connectivity index (χ3n) is 9.56. The van der Waals surface area contributed by atoms with E-state index in [0.29, 0.717) is 11.8 Å². The fraction of sp³-hybridized carbons (Fsp3) is 0.688. The Kier molecular flexibility index (Phi) is 11.5. The van der Waals surface area contributed by atoms with Gasteiger partial charge in [0, 0.05) is 28.0 Å². The molecule has 2 aromatic rings. The van der Waals surface area contributed by atoms with E-state index >= 15 is 0 Å². The van der Waals surface area contributed by atoms with Gasteiger partial charge in [0.1, 0.15) is 0 Å². The molecule has 46 heavy (non-hydrogen) atoms. The lowest BCUT2D eigenvalue weighted by molar-refractivity contribution is 0.00578. The molecule has 0 saturated carbocycles. The van der Waals surface area contributed by atoms with Gasteiger partial charge in [0.05, 0.1) is 47.8 Å². The second-order valence-electron chi connectivity index (χ2n) is 14.9. The molecule has 254 valence electrons. The highest BCUT2D eigenvalue weighted by molar-refractivity contribution is 9.10. The van der Waals surface area contributed by atoms with Gasteiger partial charge >= 0.3 is 21.1 Å². The van der Waals surface area contributed by atoms with Gasteiger partial charge in [0.25, 0.3) is 0 Å². The molecule has 3 aliphatic heterocycles. The number of hydrogen-bond acceptors (Lipinski definition) is 10. The van der Waals surface area contributed by atoms with Gasteiger partial charge in [-0.05, 0) is 115 Å². The third kappa shape index (κ3) is 8.67. The summed E-state index contributed by atoms with van der Waals surface area (Å²) in [5, 5.41) is 0. The van der Waals surface area contributed by atoms with Crippen LogP contribution in [0.4, 0.5) is 0 Å². The molecule has 0 spiro atoms. The lowest BCUT2D eigenvalue weighted by Gasteiger charge is -2.32. The molecular weight excluding hydrogens is 653 g/mol. The first-order chi connectivity index (χ1) is 20.8. The van der Waals surface area contributed by atoms with Crippen LogP contribution in [0.3, 0.4) is 0 Å². The number of aryl methyl sites for hydroxylation is 2. The number of hydrogen-bond donors (Lipinski definition) is 0. The van der Waals surface area contributed by atoms with Gasteiger partial charge in [0.2, 0.25) is 11.8 Å². The standard InChI is InChI=1S/C13H20BNO3.C12H24B2O4.C7H8BrNO/c1-9-7-10(8-11(15-9)16-6)14-17-12(2,3)13(4,5)18-14;1-9(2)10(3,4)16-13(15-9)14-17-11(5,6)12(7,8)18-14;1-5-3-6(8)4-7(9-5)10-2/h7-8H,1-6H3;1-8H3;3-4H,1-2H3. The summed E-state index contributed by atoms with van der Waals surface area (Å²) in [6.07, 6.45) is 0. The van der Waals surface area contributed by atoms with Crippen LogP contribution in [0.25, 0.3) is 0 Å². The normalized spacial score (nSPS) is 22.8. The molecule has 3 aliphatic rings. The van der Waals surface area contributed by atoms with Crippen LogP contribution in [0.15, 0.2) is 28.7 Å². The van der Waals surface area contributed by atoms with Gasteiger partial charge in [-0.15, -0.1) is 0 Å². The summed E-state index contributed by atoms with van der Waals surface area (Å²) in [5.41, 5.74) is 0.679. The SMILES string of the molecule is CC1(C)OB(B2OC(C)(C)C(C)(C)O2)OC1(C)C.COc1cc(B2OC(C)(C)C(C)(C)O2)cc(C)n1.COc1cc(Br)cc(C)n1. The van der Waals surface area contributed by atoms with E-state index in [4.69, 9.17) is 37.4 Å². The van der Waals surface area contributed by atoms with Crippen LogP contribution in [0.1, 0.15) is 94.5 Å². The molecule has 0 N–H and O–H groups in total. The minimum Gasteiger partial charge on any atom is -0.481 e. The van der Waals surface area contributed by atoms with Crippen molar-refractivity contribution in [2.45, 2.75) is 131 Å². The minimum atomic E-state index is -0.476. The molecule has 5 heterocycles. The van der Waals surface area contributed by atoms with E-state index < -0.39 is 14.0 Å². The number of methoxy groups -OCH3 is 2. The van der Waals surface area contributed by atoms with Crippen molar-refractivity contribution in [2.75, 3.05) is 14.2 Å². The van der Waals surface area contributed by atoms with Crippen LogP contribution in [0, 0.1) is 13.8 Å². The summed E-state index contributed by atoms with van der Waals surface area (Å²) < 4.78 is 47.0. The summed E-state index contributed by atoms with van der Waals surface area (Å²) in [4.78, 5) is 8.36. The monoisotopic (exact) mass is 704 g/mol. The first-order valence-corrected chi connectivity index (χ1v) is 16.4. The highest BCUT2D eigenvalue weighted by atomic mass is 79.9. The number of ether oxygens (including phenoxy) is 2. The van der Waals surface area contributed by atoms with E-state index in [1.165, 1.54) is 0 Å². The van der Waals surface area contributed by atoms with Crippen LogP contribution < -0.4 is 14.9 Å². The van der Waals surface area contributed by atoms with E-state index in [0.717, 1.165) is 21.3 Å². The van der Waals surface area contributed by atoms with Crippen molar-refractivity contribution in [3.05, 3.63) is 40.1 Å². The number of pyridine rings is 2. The largest absolute Gasteiger partial charge is 0.495 e. The Morgan fingerprint density at radius 3 is 1.20 bits per heavy atom. The molecule has 0 atom stereocenters. The highest BCUT2D eigenvalue weighted by Crippen LogP contribution is 2.43. The Hall–Kier alpha value is -1.67. The smallest absolute Gasteiger partial charge is 0.481 e. The summed E-state index contributed by atoms with van der Waals surface area (Å²) in [5.74, 6) is 1.23. The van der Waals surface area contributed by atoms with E-state index in [-0.39, 0.29) is 40.7 Å². The fourth-order valence-electron chi connectivity index (χ4n) is 4.59. The topological polar surface area (TPSA) is 99.6 Å². The maximum absolute atomic E-state index is 6.00. The predicted molar refractivity (Wildman–Crippen MR) is 187 cm³/mol. The summed E-state index contributed by atoms with van der Waals surface area (Å²) in [7, 11) is 1.89. The molecule has 3 fully saturated rings. The lowest BCUT2D eigenvalue weighted by Crippen LogP contribution is -2.41. The van der Waals surface area contributed by atoms with Crippen molar-refractivity contribution >= 4 is 42.5 Å². The second kappa shape index (κ2) is 13.7. The Balaban J connectivity index is 0.000000196. The van der Waals surface area contributed by atoms with Gasteiger partial charge in [-0.2, -0.15) is 0 Å². The van der Waals surface area contributed by atoms with Crippen molar-refractivity contribution in [1.29, 1.82) is 0 Å². The molecule has 0 aliphatic carbocycles. The minimum absolute atomic E-state index is 0.331. The zero-order chi connectivity index (χ0) is 35.1. The Morgan fingerprint density at radius 1 is 0.522 bits per heavy atom. The predicted octanol–water partition coefficient (Wildman–Crippen LogP) is 6.11. The van der Waals surface area contributed by atoms with Crippen molar-refractivity contribution in [3.8, 4) is 11.8 Å². The quantitative estimate of drug-likeness (QED) is 0.347. The van der Waals surface area contributed by atoms with Crippen LogP contribution in [0.5, 0.6) is 11.8 Å². The molecule has 0 bridgehead atoms. The van der Waals surface area contributed by atoms with Crippen molar-refractivity contribution in [1.82, 2.24) is 9.97 Å². The van der Waals surface area contributed by atoms with Crippen molar-refractivity contribution < 1.29 is 37.4 Å². The van der Waals surface area contributed by atoms with E-state index in [9.17, 15) is 0 Å². The summed E-state index contributed by atoms with van der Waals surface area (Å²) >= 11 is 3.33. The first kappa shape index (κ1) is 38.8. The van der Waals surface area contributed by atoms with Gasteiger partial charge in [0.15, 0.2) is 0 Å². The summed E-state index contributed by atoms with van der Waals surface area (Å²) in [6, 6.07) is 7.58. The van der Waals surface area contributed by atoms with Crippen molar-refractivity contribution in [2.24, 2.45) is 0 Å². The number of nitrogens with zero attached hydrogens (tertiary/aromatic N) is 2. The average molecular weight is 705 g/mol. The van der Waals surface area contributed by atoms with E-state index in [2.05, 4.69) is 25.9 Å². The molecule has 14 heteroatoms. The molecular formula is C32H52B3BrN2O8. The Bertz CT molecular complexity index is 1270. The second-order valence-corrected chi connectivity index (χ2v) is 15.8. The number of halogens is 1. The van der Waals surface area contributed by atoms with Gasteiger partial charge in [-0.1, -0.05) is 15.9 Å². The highest BCUT2D eigenvalue weighted by Gasteiger charge is 2.63. The van der Waals surface area contributed by atoms with Gasteiger partial charge in [-0.3, -0.25) is 0 Å².